The molecule has 0 radical (unpaired) electrons. The number of hydrogen-bond acceptors (Lipinski definition) is 14. The number of carboxylic acid groups (broad SMARTS) is 3. The van der Waals surface area contributed by atoms with Crippen molar-refractivity contribution in [1.29, 1.82) is 0 Å². The van der Waals surface area contributed by atoms with Crippen LogP contribution in [-0.2, 0) is 64.0 Å². The average molecular weight is 1050 g/mol. The lowest BCUT2D eigenvalue weighted by atomic mass is 10.0. The number of aromatic amines is 1. The van der Waals surface area contributed by atoms with E-state index in [9.17, 15) is 72.9 Å². The van der Waals surface area contributed by atoms with Crippen LogP contribution in [0, 0.1) is 0 Å². The van der Waals surface area contributed by atoms with Gasteiger partial charge in [0.05, 0.1) is 31.9 Å². The first-order valence-corrected chi connectivity index (χ1v) is 24.2. The number of carbonyl (C=O) groups excluding carboxylic acids is 9. The van der Waals surface area contributed by atoms with Crippen molar-refractivity contribution < 1.29 is 78.0 Å². The van der Waals surface area contributed by atoms with Gasteiger partial charge >= 0.3 is 17.9 Å². The van der Waals surface area contributed by atoms with Crippen LogP contribution in [0.25, 0.3) is 10.9 Å². The molecule has 27 nitrogen and oxygen atoms in total. The summed E-state index contributed by atoms with van der Waals surface area (Å²) in [6.07, 6.45) is 3.46. The number of H-pyrrole nitrogens is 1. The van der Waals surface area contributed by atoms with Gasteiger partial charge in [0.25, 0.3) is 0 Å². The van der Waals surface area contributed by atoms with E-state index in [1.165, 1.54) is 0 Å². The van der Waals surface area contributed by atoms with Gasteiger partial charge in [0.2, 0.25) is 53.2 Å². The minimum atomic E-state index is -2.03. The van der Waals surface area contributed by atoms with Crippen molar-refractivity contribution in [2.24, 2.45) is 11.5 Å². The van der Waals surface area contributed by atoms with Crippen LogP contribution >= 0.6 is 0 Å². The Labute approximate surface area is 426 Å². The monoisotopic (exact) mass is 1050 g/mol. The third-order valence-electron chi connectivity index (χ3n) is 11.4. The Balaban J connectivity index is 2.24. The number of aliphatic hydroxyl groups is 1. The maximum Gasteiger partial charge on any atom is 0.325 e. The lowest BCUT2D eigenvalue weighted by Gasteiger charge is -2.26. The number of fused-ring (bicyclic) bond motifs is 1. The van der Waals surface area contributed by atoms with Crippen LogP contribution in [0.1, 0.15) is 110 Å². The van der Waals surface area contributed by atoms with Gasteiger partial charge in [-0.15, -0.1) is 0 Å². The van der Waals surface area contributed by atoms with Crippen LogP contribution in [-0.4, -0.2) is 158 Å². The maximum atomic E-state index is 14.0. The van der Waals surface area contributed by atoms with Crippen LogP contribution in [0.4, 0.5) is 0 Å². The van der Waals surface area contributed by atoms with E-state index in [4.69, 9.17) is 16.6 Å². The van der Waals surface area contributed by atoms with Gasteiger partial charge in [-0.25, -0.2) is 0 Å². The highest BCUT2D eigenvalue weighted by Crippen LogP contribution is 2.20. The molecule has 0 bridgehead atoms. The lowest BCUT2D eigenvalue weighted by Crippen LogP contribution is -2.61. The second-order valence-corrected chi connectivity index (χ2v) is 17.7. The smallest absolute Gasteiger partial charge is 0.325 e. The Hall–Kier alpha value is -7.68. The predicted molar refractivity (Wildman–Crippen MR) is 263 cm³/mol. The number of primary amides is 1. The van der Waals surface area contributed by atoms with Gasteiger partial charge < -0.3 is 79.4 Å². The third kappa shape index (κ3) is 22.8. The number of aliphatic hydroxyl groups excluding tert-OH is 1. The Kier molecular flexibility index (Phi) is 27.3. The molecule has 410 valence electrons. The first kappa shape index (κ1) is 62.4. The quantitative estimate of drug-likeness (QED) is 0.0311. The first-order chi connectivity index (χ1) is 35.0. The van der Waals surface area contributed by atoms with E-state index in [-0.39, 0.29) is 32.2 Å². The predicted octanol–water partition coefficient (Wildman–Crippen LogP) is -2.59. The third-order valence-corrected chi connectivity index (χ3v) is 11.4. The number of hydrogen-bond donors (Lipinski definition) is 15. The number of nitrogens with two attached hydrogens (primary N) is 2. The van der Waals surface area contributed by atoms with Crippen LogP contribution in [0.2, 0.25) is 0 Å². The molecule has 0 aliphatic heterocycles. The van der Waals surface area contributed by atoms with E-state index < -0.39 is 145 Å². The van der Waals surface area contributed by atoms with Crippen molar-refractivity contribution in [2.75, 3.05) is 13.1 Å². The molecule has 8 atom stereocenters. The molecule has 74 heavy (non-hydrogen) atoms. The van der Waals surface area contributed by atoms with Gasteiger partial charge in [-0.05, 0) is 51.3 Å². The standard InChI is InChI=1S/C47H71N11O16/c1-4-5-6-7-8-9-10-17-36(61)54-31(19-27-23-50-29-15-12-11-14-28(27)29)43(69)55-32(20-35(49)60)44(70)57-34(22-39(65)66)45(71)58-40(26(3)59)46(72)51-24-37(62)53-30(16-13-18-48)41(67)56-33(21-38(63)64)42(68)52-25(2)47(73)74/h11-12,14-15,23,25-26,30-34,40,50,59H,4-10,13,16-22,24,48H2,1-3H3,(H2,49,60)(H,51,72)(H,52,68)(H,53,62)(H,54,61)(H,55,69)(H,56,67)(H,57,70)(H,58,71)(H,63,64)(H,65,66)(H,73,74)/t25-,26-,30+,31+,32-,33+,34+,40?/m1/s1. The van der Waals surface area contributed by atoms with E-state index >= 15 is 0 Å². The SMILES string of the molecule is CCCCCCCCCC(=O)N[C@@H](Cc1c[nH]c2ccccc12)C(=O)N[C@H](CC(N)=O)C(=O)N[C@@H](CC(=O)O)C(=O)NC(C(=O)NCC(=O)N[C@@H](CCCN)C(=O)N[C@@H](CC(=O)O)C(=O)N[C@H](C)C(=O)O)[C@@H](C)O. The van der Waals surface area contributed by atoms with Crippen molar-refractivity contribution in [3.05, 3.63) is 36.0 Å². The Bertz CT molecular complexity index is 2290. The molecule has 0 saturated heterocycles. The summed E-state index contributed by atoms with van der Waals surface area (Å²) >= 11 is 0. The second kappa shape index (κ2) is 32.4. The summed E-state index contributed by atoms with van der Waals surface area (Å²) in [7, 11) is 0. The average Bonchev–Trinajstić information content (AvgIpc) is 3.74. The molecule has 1 aromatic heterocycles. The summed E-state index contributed by atoms with van der Waals surface area (Å²) in [5.74, 6) is -14.3. The van der Waals surface area contributed by atoms with Crippen LogP contribution in [0.3, 0.4) is 0 Å². The van der Waals surface area contributed by atoms with E-state index in [2.05, 4.69) is 49.1 Å². The number of rotatable bonds is 36. The van der Waals surface area contributed by atoms with Crippen molar-refractivity contribution in [1.82, 2.24) is 47.5 Å². The number of aliphatic carboxylic acids is 3. The van der Waals surface area contributed by atoms with Crippen molar-refractivity contribution in [3.8, 4) is 0 Å². The number of carboxylic acids is 3. The molecule has 0 saturated carbocycles. The molecule has 0 fully saturated rings. The second-order valence-electron chi connectivity index (χ2n) is 17.7. The molecule has 9 amide bonds. The van der Waals surface area contributed by atoms with Crippen LogP contribution < -0.4 is 54.0 Å². The molecule has 1 heterocycles. The Morgan fingerprint density at radius 3 is 1.66 bits per heavy atom. The molecular weight excluding hydrogens is 975 g/mol. The number of carbonyl (C=O) groups is 12. The van der Waals surface area contributed by atoms with Gasteiger partial charge in [-0.2, -0.15) is 0 Å². The number of aromatic nitrogens is 1. The maximum absolute atomic E-state index is 14.0. The minimum absolute atomic E-state index is 0.0110. The van der Waals surface area contributed by atoms with Crippen molar-refractivity contribution in [3.63, 3.8) is 0 Å². The van der Waals surface area contributed by atoms with E-state index in [1.807, 2.05) is 5.32 Å². The highest BCUT2D eigenvalue weighted by Gasteiger charge is 2.35. The Morgan fingerprint density at radius 1 is 0.595 bits per heavy atom. The van der Waals surface area contributed by atoms with E-state index in [0.29, 0.717) is 12.0 Å². The summed E-state index contributed by atoms with van der Waals surface area (Å²) in [5.41, 5.74) is 12.4. The van der Waals surface area contributed by atoms with Gasteiger partial charge in [0, 0.05) is 29.9 Å². The summed E-state index contributed by atoms with van der Waals surface area (Å²) in [5, 5.41) is 57.3. The van der Waals surface area contributed by atoms with Crippen molar-refractivity contribution in [2.45, 2.75) is 159 Å². The van der Waals surface area contributed by atoms with Gasteiger partial charge in [-0.1, -0.05) is 63.6 Å². The zero-order valence-corrected chi connectivity index (χ0v) is 41.7. The topological polar surface area (TPSA) is 450 Å². The molecule has 1 unspecified atom stereocenters. The largest absolute Gasteiger partial charge is 0.481 e. The molecule has 0 aliphatic rings. The molecule has 2 aromatic rings. The fourth-order valence-corrected chi connectivity index (χ4v) is 7.38. The highest BCUT2D eigenvalue weighted by atomic mass is 16.4. The van der Waals surface area contributed by atoms with Gasteiger partial charge in [-0.3, -0.25) is 57.5 Å². The van der Waals surface area contributed by atoms with Gasteiger partial charge in [0.1, 0.15) is 42.3 Å². The zero-order valence-electron chi connectivity index (χ0n) is 41.7. The minimum Gasteiger partial charge on any atom is -0.481 e. The number of unbranched alkanes of at least 4 members (excludes halogenated alkanes) is 6. The lowest BCUT2D eigenvalue weighted by molar-refractivity contribution is -0.143. The summed E-state index contributed by atoms with van der Waals surface area (Å²) in [6, 6.07) is -4.66. The molecular formula is C47H71N11O16. The van der Waals surface area contributed by atoms with Crippen molar-refractivity contribution >= 4 is 82.0 Å². The number of benzene rings is 1. The molecule has 17 N–H and O–H groups in total. The van der Waals surface area contributed by atoms with E-state index in [1.54, 1.807) is 30.5 Å². The number of para-hydroxylation sites is 1. The molecule has 27 heteroatoms. The summed E-state index contributed by atoms with van der Waals surface area (Å²) < 4.78 is 0. The highest BCUT2D eigenvalue weighted by molar-refractivity contribution is 6.00. The number of amides is 9. The molecule has 0 spiro atoms. The van der Waals surface area contributed by atoms with Crippen LogP contribution in [0.5, 0.6) is 0 Å². The number of nitrogens with one attached hydrogen (secondary N) is 9. The van der Waals surface area contributed by atoms with Crippen LogP contribution in [0.15, 0.2) is 30.5 Å². The Morgan fingerprint density at radius 2 is 1.11 bits per heavy atom. The van der Waals surface area contributed by atoms with Gasteiger partial charge in [0.15, 0.2) is 0 Å². The molecule has 0 aliphatic carbocycles. The zero-order chi connectivity index (χ0) is 55.5. The first-order valence-electron chi connectivity index (χ1n) is 24.2. The summed E-state index contributed by atoms with van der Waals surface area (Å²) in [4.78, 5) is 157. The fraction of sp³-hybridized carbons (Fsp3) is 0.574. The molecule has 2 rings (SSSR count). The fourth-order valence-electron chi connectivity index (χ4n) is 7.38. The van der Waals surface area contributed by atoms with E-state index in [0.717, 1.165) is 63.3 Å². The summed E-state index contributed by atoms with van der Waals surface area (Å²) in [6.45, 7) is 3.33. The normalized spacial score (nSPS) is 14.2. The molecule has 1 aromatic carbocycles.